The van der Waals surface area contributed by atoms with Crippen molar-refractivity contribution in [2.24, 2.45) is 5.10 Å². The molecule has 1 N–H and O–H groups in total. The first-order valence-corrected chi connectivity index (χ1v) is 6.35. The molecule has 116 valence electrons. The number of carbonyl (C=O) groups is 1. The molecule has 1 aromatic carbocycles. The maximum atomic E-state index is 12.8. The highest BCUT2D eigenvalue weighted by molar-refractivity contribution is 5.96. The van der Waals surface area contributed by atoms with Crippen molar-refractivity contribution in [3.8, 4) is 0 Å². The number of nitrogens with zero attached hydrogens (tertiary/aromatic N) is 1. The number of aryl methyl sites for hydroxylation is 2. The van der Waals surface area contributed by atoms with Crippen LogP contribution in [0, 0.1) is 13.8 Å². The molecule has 0 aliphatic rings. The zero-order valence-corrected chi connectivity index (χ0v) is 11.9. The zero-order chi connectivity index (χ0) is 16.3. The first-order valence-electron chi connectivity index (χ1n) is 6.35. The van der Waals surface area contributed by atoms with Gasteiger partial charge in [0.1, 0.15) is 11.5 Å². The van der Waals surface area contributed by atoms with Crippen LogP contribution in [-0.4, -0.2) is 12.1 Å². The Morgan fingerprint density at radius 3 is 2.55 bits per heavy atom. The molecule has 1 aromatic heterocycles. The average molecular weight is 310 g/mol. The third kappa shape index (κ3) is 3.55. The molecule has 4 nitrogen and oxygen atoms in total. The van der Waals surface area contributed by atoms with Crippen molar-refractivity contribution in [2.75, 3.05) is 0 Å². The molecule has 0 fully saturated rings. The van der Waals surface area contributed by atoms with Crippen LogP contribution in [0.1, 0.15) is 33.0 Å². The molecule has 1 heterocycles. The highest BCUT2D eigenvalue weighted by Gasteiger charge is 2.32. The second-order valence-corrected chi connectivity index (χ2v) is 4.61. The van der Waals surface area contributed by atoms with E-state index in [0.717, 1.165) is 12.3 Å². The largest absolute Gasteiger partial charge is 0.466 e. The van der Waals surface area contributed by atoms with Crippen LogP contribution in [0.4, 0.5) is 13.2 Å². The normalized spacial score (nSPS) is 11.9. The molecule has 0 radical (unpaired) electrons. The summed E-state index contributed by atoms with van der Waals surface area (Å²) in [5, 5.41) is 3.58. The first kappa shape index (κ1) is 15.8. The number of halogens is 3. The van der Waals surface area contributed by atoms with E-state index in [1.54, 1.807) is 13.8 Å². The summed E-state index contributed by atoms with van der Waals surface area (Å²) in [6, 6.07) is 6.50. The Kier molecular flexibility index (Phi) is 4.35. The fourth-order valence-electron chi connectivity index (χ4n) is 1.94. The third-order valence-corrected chi connectivity index (χ3v) is 2.92. The van der Waals surface area contributed by atoms with Crippen LogP contribution in [0.2, 0.25) is 0 Å². The number of alkyl halides is 3. The van der Waals surface area contributed by atoms with E-state index in [0.29, 0.717) is 17.1 Å². The van der Waals surface area contributed by atoms with Crippen molar-refractivity contribution in [2.45, 2.75) is 20.0 Å². The Labute approximate surface area is 124 Å². The molecular formula is C15H13F3N2O2. The molecule has 0 aliphatic heterocycles. The summed E-state index contributed by atoms with van der Waals surface area (Å²) in [5.74, 6) is 0.435. The van der Waals surface area contributed by atoms with Crippen LogP contribution in [0.5, 0.6) is 0 Å². The fourth-order valence-corrected chi connectivity index (χ4v) is 1.94. The molecule has 0 aliphatic carbocycles. The second-order valence-electron chi connectivity index (χ2n) is 4.61. The molecule has 1 amide bonds. The van der Waals surface area contributed by atoms with Gasteiger partial charge < -0.3 is 4.42 Å². The standard InChI is InChI=1S/C15H13F3N2O2/c1-9-7-12(10(2)22-9)14(21)20-19-8-11-5-3-4-6-13(11)15(16,17)18/h3-8H,1-2H3,(H,20,21)/b19-8-. The summed E-state index contributed by atoms with van der Waals surface area (Å²) in [6.45, 7) is 3.30. The van der Waals surface area contributed by atoms with Gasteiger partial charge in [0.05, 0.1) is 17.3 Å². The molecule has 0 atom stereocenters. The summed E-state index contributed by atoms with van der Waals surface area (Å²) >= 11 is 0. The van der Waals surface area contributed by atoms with Gasteiger partial charge in [-0.25, -0.2) is 5.43 Å². The summed E-state index contributed by atoms with van der Waals surface area (Å²) in [7, 11) is 0. The SMILES string of the molecule is Cc1cc(C(=O)N/N=C\c2ccccc2C(F)(F)F)c(C)o1. The Morgan fingerprint density at radius 2 is 1.95 bits per heavy atom. The van der Waals surface area contributed by atoms with Crippen LogP contribution in [0.25, 0.3) is 0 Å². The number of furan rings is 1. The minimum Gasteiger partial charge on any atom is -0.466 e. The van der Waals surface area contributed by atoms with Crippen molar-refractivity contribution in [3.05, 3.63) is 58.5 Å². The van der Waals surface area contributed by atoms with E-state index in [-0.39, 0.29) is 5.56 Å². The summed E-state index contributed by atoms with van der Waals surface area (Å²) in [4.78, 5) is 11.8. The highest BCUT2D eigenvalue weighted by atomic mass is 19.4. The lowest BCUT2D eigenvalue weighted by Gasteiger charge is -2.09. The Balaban J connectivity index is 2.14. The van der Waals surface area contributed by atoms with Gasteiger partial charge in [-0.1, -0.05) is 18.2 Å². The van der Waals surface area contributed by atoms with Gasteiger partial charge in [-0.15, -0.1) is 0 Å². The Morgan fingerprint density at radius 1 is 1.27 bits per heavy atom. The monoisotopic (exact) mass is 310 g/mol. The lowest BCUT2D eigenvalue weighted by molar-refractivity contribution is -0.137. The molecule has 7 heteroatoms. The molecule has 2 rings (SSSR count). The molecular weight excluding hydrogens is 297 g/mol. The van der Waals surface area contributed by atoms with E-state index in [9.17, 15) is 18.0 Å². The number of hydrogen-bond donors (Lipinski definition) is 1. The van der Waals surface area contributed by atoms with Crippen LogP contribution >= 0.6 is 0 Å². The van der Waals surface area contributed by atoms with Crippen molar-refractivity contribution in [1.82, 2.24) is 5.43 Å². The smallest absolute Gasteiger partial charge is 0.417 e. The topological polar surface area (TPSA) is 54.6 Å². The molecule has 2 aromatic rings. The van der Waals surface area contributed by atoms with Gasteiger partial charge in [0.15, 0.2) is 0 Å². The minimum atomic E-state index is -4.48. The van der Waals surface area contributed by atoms with Crippen LogP contribution in [0.3, 0.4) is 0 Å². The second kappa shape index (κ2) is 6.05. The molecule has 0 unspecified atom stereocenters. The summed E-state index contributed by atoms with van der Waals surface area (Å²) in [5.41, 5.74) is 1.53. The number of rotatable bonds is 3. The van der Waals surface area contributed by atoms with E-state index in [1.165, 1.54) is 24.3 Å². The lowest BCUT2D eigenvalue weighted by atomic mass is 10.1. The number of hydrogen-bond acceptors (Lipinski definition) is 3. The van der Waals surface area contributed by atoms with Gasteiger partial charge >= 0.3 is 6.18 Å². The summed E-state index contributed by atoms with van der Waals surface area (Å²) < 4.78 is 43.6. The summed E-state index contributed by atoms with van der Waals surface area (Å²) in [6.07, 6.45) is -3.52. The van der Waals surface area contributed by atoms with E-state index in [2.05, 4.69) is 10.5 Å². The predicted molar refractivity (Wildman–Crippen MR) is 74.7 cm³/mol. The number of nitrogens with one attached hydrogen (secondary N) is 1. The van der Waals surface area contributed by atoms with Crippen LogP contribution in [0.15, 0.2) is 39.9 Å². The van der Waals surface area contributed by atoms with E-state index >= 15 is 0 Å². The average Bonchev–Trinajstić information content (AvgIpc) is 2.77. The maximum Gasteiger partial charge on any atom is 0.417 e. The van der Waals surface area contributed by atoms with Gasteiger partial charge in [0.25, 0.3) is 5.91 Å². The number of amides is 1. The van der Waals surface area contributed by atoms with Crippen LogP contribution in [-0.2, 0) is 6.18 Å². The van der Waals surface area contributed by atoms with Crippen LogP contribution < -0.4 is 5.43 Å². The predicted octanol–water partition coefficient (Wildman–Crippen LogP) is 3.68. The minimum absolute atomic E-state index is 0.129. The number of carbonyl (C=O) groups excluding carboxylic acids is 1. The van der Waals surface area contributed by atoms with Crippen molar-refractivity contribution < 1.29 is 22.4 Å². The van der Waals surface area contributed by atoms with E-state index in [1.807, 2.05) is 0 Å². The number of hydrazone groups is 1. The quantitative estimate of drug-likeness (QED) is 0.694. The van der Waals surface area contributed by atoms with Gasteiger partial charge in [-0.05, 0) is 26.0 Å². The van der Waals surface area contributed by atoms with Gasteiger partial charge in [0.2, 0.25) is 0 Å². The van der Waals surface area contributed by atoms with Gasteiger partial charge in [-0.3, -0.25) is 4.79 Å². The van der Waals surface area contributed by atoms with E-state index < -0.39 is 17.6 Å². The molecule has 0 spiro atoms. The van der Waals surface area contributed by atoms with Gasteiger partial charge in [-0.2, -0.15) is 18.3 Å². The van der Waals surface area contributed by atoms with Crippen molar-refractivity contribution in [3.63, 3.8) is 0 Å². The molecule has 0 saturated carbocycles. The molecule has 0 saturated heterocycles. The molecule has 22 heavy (non-hydrogen) atoms. The third-order valence-electron chi connectivity index (χ3n) is 2.92. The highest BCUT2D eigenvalue weighted by Crippen LogP contribution is 2.31. The van der Waals surface area contributed by atoms with Crippen molar-refractivity contribution >= 4 is 12.1 Å². The number of benzene rings is 1. The maximum absolute atomic E-state index is 12.8. The van der Waals surface area contributed by atoms with Gasteiger partial charge in [0, 0.05) is 5.56 Å². The van der Waals surface area contributed by atoms with Crippen molar-refractivity contribution in [1.29, 1.82) is 0 Å². The Bertz CT molecular complexity index is 718. The first-order chi connectivity index (χ1) is 10.3. The lowest BCUT2D eigenvalue weighted by Crippen LogP contribution is -2.18. The zero-order valence-electron chi connectivity index (χ0n) is 11.9. The molecule has 0 bridgehead atoms. The van der Waals surface area contributed by atoms with E-state index in [4.69, 9.17) is 4.42 Å². The Hall–Kier alpha value is -2.57. The fraction of sp³-hybridized carbons (Fsp3) is 0.200.